The Bertz CT molecular complexity index is 697. The second kappa shape index (κ2) is 12.1. The zero-order valence-corrected chi connectivity index (χ0v) is 19.5. The first-order valence-electron chi connectivity index (χ1n) is 11.8. The minimum absolute atomic E-state index is 0.171. The largest absolute Gasteiger partial charge is 0.357 e. The van der Waals surface area contributed by atoms with Crippen LogP contribution in [0.1, 0.15) is 38.7 Å². The van der Waals surface area contributed by atoms with E-state index in [1.807, 2.05) is 0 Å². The lowest BCUT2D eigenvalue weighted by atomic mass is 10.1. The number of benzene rings is 1. The Kier molecular flexibility index (Phi) is 9.15. The highest BCUT2D eigenvalue weighted by atomic mass is 16.2. The van der Waals surface area contributed by atoms with E-state index in [9.17, 15) is 4.79 Å². The van der Waals surface area contributed by atoms with E-state index in [-0.39, 0.29) is 5.91 Å². The molecule has 0 spiro atoms. The maximum atomic E-state index is 12.0. The highest BCUT2D eigenvalue weighted by Crippen LogP contribution is 2.18. The molecule has 7 nitrogen and oxygen atoms in total. The summed E-state index contributed by atoms with van der Waals surface area (Å²) >= 11 is 0. The Hall–Kier alpha value is -2.12. The van der Waals surface area contributed by atoms with Crippen molar-refractivity contribution in [1.29, 1.82) is 0 Å². The second-order valence-corrected chi connectivity index (χ2v) is 8.88. The van der Waals surface area contributed by atoms with Gasteiger partial charge in [-0.05, 0) is 45.7 Å². The molecule has 1 aromatic rings. The minimum atomic E-state index is 0.171. The molecule has 2 N–H and O–H groups in total. The molecule has 1 aliphatic carbocycles. The van der Waals surface area contributed by atoms with Crippen molar-refractivity contribution >= 4 is 11.9 Å². The predicted molar refractivity (Wildman–Crippen MR) is 127 cm³/mol. The number of nitrogens with zero attached hydrogens (tertiary/aromatic N) is 4. The minimum Gasteiger partial charge on any atom is -0.357 e. The van der Waals surface area contributed by atoms with Gasteiger partial charge in [-0.3, -0.25) is 19.6 Å². The van der Waals surface area contributed by atoms with E-state index in [4.69, 9.17) is 4.99 Å². The SMILES string of the molecule is CCNC(=NCCC(C)N(C)Cc1ccccc1)N1CCN(CC(=O)NC2CC2)CC1. The van der Waals surface area contributed by atoms with E-state index in [1.54, 1.807) is 0 Å². The van der Waals surface area contributed by atoms with Crippen LogP contribution in [0.2, 0.25) is 0 Å². The van der Waals surface area contributed by atoms with Crippen LogP contribution in [0.3, 0.4) is 0 Å². The number of nitrogens with one attached hydrogen (secondary N) is 2. The van der Waals surface area contributed by atoms with Gasteiger partial charge in [0.25, 0.3) is 0 Å². The molecule has 172 valence electrons. The molecule has 1 aliphatic heterocycles. The average molecular weight is 429 g/mol. The first-order valence-corrected chi connectivity index (χ1v) is 11.8. The standard InChI is InChI=1S/C24H40N6O/c1-4-25-24(26-13-12-20(2)28(3)18-21-8-6-5-7-9-21)30-16-14-29(15-17-30)19-23(31)27-22-10-11-22/h5-9,20,22H,4,10-19H2,1-3H3,(H,25,26)(H,27,31). The van der Waals surface area contributed by atoms with E-state index < -0.39 is 0 Å². The normalized spacial score (nSPS) is 18.8. The number of guanidine groups is 1. The van der Waals surface area contributed by atoms with E-state index in [1.165, 1.54) is 5.56 Å². The molecular weight excluding hydrogens is 388 g/mol. The number of rotatable bonds is 10. The number of hydrogen-bond donors (Lipinski definition) is 2. The molecule has 31 heavy (non-hydrogen) atoms. The molecule has 3 rings (SSSR count). The van der Waals surface area contributed by atoms with Crippen LogP contribution in [0.5, 0.6) is 0 Å². The summed E-state index contributed by atoms with van der Waals surface area (Å²) in [6.45, 7) is 11.2. The van der Waals surface area contributed by atoms with E-state index in [2.05, 4.69) is 76.6 Å². The van der Waals surface area contributed by atoms with Crippen molar-refractivity contribution in [3.63, 3.8) is 0 Å². The molecule has 1 unspecified atom stereocenters. The number of piperazine rings is 1. The third-order valence-electron chi connectivity index (χ3n) is 6.15. The Labute approximate surface area is 187 Å². The summed E-state index contributed by atoms with van der Waals surface area (Å²) in [4.78, 5) is 23.9. The van der Waals surface area contributed by atoms with Gasteiger partial charge in [-0.1, -0.05) is 30.3 Å². The highest BCUT2D eigenvalue weighted by molar-refractivity contribution is 5.80. The second-order valence-electron chi connectivity index (χ2n) is 8.88. The maximum Gasteiger partial charge on any atom is 0.234 e. The van der Waals surface area contributed by atoms with Gasteiger partial charge in [0.1, 0.15) is 0 Å². The molecule has 1 atom stereocenters. The molecule has 2 aliphatic rings. The summed E-state index contributed by atoms with van der Waals surface area (Å²) in [5.74, 6) is 1.17. The lowest BCUT2D eigenvalue weighted by Crippen LogP contribution is -2.54. The van der Waals surface area contributed by atoms with Gasteiger partial charge in [0, 0.05) is 57.9 Å². The third kappa shape index (κ3) is 8.15. The summed E-state index contributed by atoms with van der Waals surface area (Å²) in [6, 6.07) is 11.5. The lowest BCUT2D eigenvalue weighted by molar-refractivity contribution is -0.122. The molecule has 1 aromatic carbocycles. The van der Waals surface area contributed by atoms with E-state index >= 15 is 0 Å². The zero-order chi connectivity index (χ0) is 22.1. The number of hydrogen-bond acceptors (Lipinski definition) is 4. The fourth-order valence-corrected chi connectivity index (χ4v) is 3.85. The van der Waals surface area contributed by atoms with Gasteiger partial charge < -0.3 is 15.5 Å². The van der Waals surface area contributed by atoms with Crippen molar-refractivity contribution in [3.8, 4) is 0 Å². The summed E-state index contributed by atoms with van der Waals surface area (Å²) in [6.07, 6.45) is 3.31. The predicted octanol–water partition coefficient (Wildman–Crippen LogP) is 1.76. The van der Waals surface area contributed by atoms with Crippen molar-refractivity contribution in [1.82, 2.24) is 25.3 Å². The first kappa shape index (κ1) is 23.5. The van der Waals surface area contributed by atoms with E-state index in [0.717, 1.165) is 71.0 Å². The van der Waals surface area contributed by atoms with Crippen LogP contribution in [-0.4, -0.2) is 91.5 Å². The topological polar surface area (TPSA) is 63.2 Å². The van der Waals surface area contributed by atoms with Gasteiger partial charge in [-0.25, -0.2) is 0 Å². The van der Waals surface area contributed by atoms with Crippen LogP contribution in [0.4, 0.5) is 0 Å². The first-order chi connectivity index (χ1) is 15.0. The van der Waals surface area contributed by atoms with Crippen molar-refractivity contribution in [2.24, 2.45) is 4.99 Å². The molecular formula is C24H40N6O. The fourth-order valence-electron chi connectivity index (χ4n) is 3.85. The molecule has 1 saturated carbocycles. The van der Waals surface area contributed by atoms with Crippen molar-refractivity contribution in [2.75, 3.05) is 52.9 Å². The molecule has 0 radical (unpaired) electrons. The molecule has 0 aromatic heterocycles. The van der Waals surface area contributed by atoms with Crippen molar-refractivity contribution in [3.05, 3.63) is 35.9 Å². The fraction of sp³-hybridized carbons (Fsp3) is 0.667. The van der Waals surface area contributed by atoms with Crippen molar-refractivity contribution in [2.45, 2.75) is 51.7 Å². The van der Waals surface area contributed by atoms with Crippen LogP contribution in [0.25, 0.3) is 0 Å². The van der Waals surface area contributed by atoms with Gasteiger partial charge in [0.05, 0.1) is 6.54 Å². The van der Waals surface area contributed by atoms with E-state index in [0.29, 0.717) is 18.6 Å². The number of amides is 1. The van der Waals surface area contributed by atoms with Crippen LogP contribution >= 0.6 is 0 Å². The van der Waals surface area contributed by atoms with Crippen molar-refractivity contribution < 1.29 is 4.79 Å². The average Bonchev–Trinajstić information content (AvgIpc) is 3.58. The van der Waals surface area contributed by atoms with Gasteiger partial charge in [0.15, 0.2) is 5.96 Å². The molecule has 2 fully saturated rings. The third-order valence-corrected chi connectivity index (χ3v) is 6.15. The number of aliphatic imine (C=N–C) groups is 1. The van der Waals surface area contributed by atoms with Gasteiger partial charge in [-0.2, -0.15) is 0 Å². The molecule has 1 amide bonds. The highest BCUT2D eigenvalue weighted by Gasteiger charge is 2.26. The molecule has 1 heterocycles. The zero-order valence-electron chi connectivity index (χ0n) is 19.5. The monoisotopic (exact) mass is 428 g/mol. The van der Waals surface area contributed by atoms with Crippen LogP contribution in [0.15, 0.2) is 35.3 Å². The Balaban J connectivity index is 1.41. The Morgan fingerprint density at radius 1 is 1.19 bits per heavy atom. The summed E-state index contributed by atoms with van der Waals surface area (Å²) in [5, 5.41) is 6.53. The quantitative estimate of drug-likeness (QED) is 0.439. The summed E-state index contributed by atoms with van der Waals surface area (Å²) in [5.41, 5.74) is 1.34. The Morgan fingerprint density at radius 3 is 2.55 bits per heavy atom. The van der Waals surface area contributed by atoms with Gasteiger partial charge in [0.2, 0.25) is 5.91 Å². The van der Waals surface area contributed by atoms with Crippen LogP contribution in [0, 0.1) is 0 Å². The number of carbonyl (C=O) groups excluding carboxylic acids is 1. The van der Waals surface area contributed by atoms with Gasteiger partial charge in [-0.15, -0.1) is 0 Å². The Morgan fingerprint density at radius 2 is 1.90 bits per heavy atom. The number of carbonyl (C=O) groups is 1. The molecule has 1 saturated heterocycles. The lowest BCUT2D eigenvalue weighted by Gasteiger charge is -2.36. The van der Waals surface area contributed by atoms with Crippen LogP contribution < -0.4 is 10.6 Å². The smallest absolute Gasteiger partial charge is 0.234 e. The summed E-state index contributed by atoms with van der Waals surface area (Å²) < 4.78 is 0. The maximum absolute atomic E-state index is 12.0. The van der Waals surface area contributed by atoms with Crippen LogP contribution in [-0.2, 0) is 11.3 Å². The molecule has 0 bridgehead atoms. The molecule has 7 heteroatoms. The summed E-state index contributed by atoms with van der Waals surface area (Å²) in [7, 11) is 2.19. The van der Waals surface area contributed by atoms with Gasteiger partial charge >= 0.3 is 0 Å².